The fourth-order valence-electron chi connectivity index (χ4n) is 1.63. The molecule has 0 spiro atoms. The summed E-state index contributed by atoms with van der Waals surface area (Å²) in [5, 5.41) is 10.4. The second-order valence-corrected chi connectivity index (χ2v) is 3.27. The Morgan fingerprint density at radius 1 is 1.36 bits per heavy atom. The molecule has 0 unspecified atom stereocenters. The van der Waals surface area contributed by atoms with E-state index >= 15 is 0 Å². The minimum absolute atomic E-state index is 0.210. The van der Waals surface area contributed by atoms with Gasteiger partial charge < -0.3 is 15.6 Å². The normalized spacial score (nSPS) is 31.7. The molecule has 64 valence electrons. The van der Waals surface area contributed by atoms with Gasteiger partial charge in [0.1, 0.15) is 0 Å². The molecular formula is C8H14NO2-. The third kappa shape index (κ3) is 2.19. The van der Waals surface area contributed by atoms with Crippen molar-refractivity contribution < 1.29 is 9.90 Å². The minimum atomic E-state index is -0.888. The molecule has 11 heavy (non-hydrogen) atoms. The van der Waals surface area contributed by atoms with Crippen LogP contribution in [0, 0.1) is 11.8 Å². The average molecular weight is 156 g/mol. The lowest BCUT2D eigenvalue weighted by Crippen LogP contribution is -2.34. The first-order chi connectivity index (χ1) is 5.24. The molecule has 1 aliphatic rings. The fraction of sp³-hybridized carbons (Fsp3) is 0.875. The van der Waals surface area contributed by atoms with Crippen molar-refractivity contribution in [2.24, 2.45) is 17.6 Å². The highest BCUT2D eigenvalue weighted by Gasteiger charge is 2.20. The zero-order valence-corrected chi connectivity index (χ0v) is 6.58. The number of hydrogen-bond donors (Lipinski definition) is 1. The Hall–Kier alpha value is -0.570. The number of nitrogens with two attached hydrogens (primary N) is 1. The van der Waals surface area contributed by atoms with E-state index in [1.165, 1.54) is 0 Å². The number of rotatable bonds is 2. The van der Waals surface area contributed by atoms with Crippen LogP contribution in [0.4, 0.5) is 0 Å². The Labute approximate surface area is 66.6 Å². The highest BCUT2D eigenvalue weighted by atomic mass is 16.4. The maximum absolute atomic E-state index is 10.4. The monoisotopic (exact) mass is 156 g/mol. The van der Waals surface area contributed by atoms with Gasteiger partial charge in [0.25, 0.3) is 0 Å². The lowest BCUT2D eigenvalue weighted by Gasteiger charge is -2.27. The first-order valence-electron chi connectivity index (χ1n) is 4.15. The first-order valence-corrected chi connectivity index (χ1v) is 4.15. The van der Waals surface area contributed by atoms with Crippen LogP contribution in [-0.4, -0.2) is 12.5 Å². The Morgan fingerprint density at radius 2 is 1.91 bits per heavy atom. The molecule has 3 heteroatoms. The summed E-state index contributed by atoms with van der Waals surface area (Å²) in [6, 6.07) is 0. The summed E-state index contributed by atoms with van der Waals surface area (Å²) < 4.78 is 0. The van der Waals surface area contributed by atoms with Crippen molar-refractivity contribution >= 4 is 5.97 Å². The first kappa shape index (κ1) is 8.53. The Kier molecular flexibility index (Phi) is 2.88. The fourth-order valence-corrected chi connectivity index (χ4v) is 1.63. The lowest BCUT2D eigenvalue weighted by atomic mass is 9.82. The topological polar surface area (TPSA) is 66.2 Å². The molecule has 3 nitrogen and oxygen atoms in total. The predicted octanol–water partition coefficient (Wildman–Crippen LogP) is -0.499. The second kappa shape index (κ2) is 3.72. The Balaban J connectivity index is 2.30. The van der Waals surface area contributed by atoms with Gasteiger partial charge in [0.2, 0.25) is 0 Å². The number of carboxylic acids is 1. The lowest BCUT2D eigenvalue weighted by molar-refractivity contribution is -0.312. The summed E-state index contributed by atoms with van der Waals surface area (Å²) in [4.78, 5) is 10.4. The van der Waals surface area contributed by atoms with E-state index in [2.05, 4.69) is 0 Å². The molecule has 0 amide bonds. The quantitative estimate of drug-likeness (QED) is 0.586. The van der Waals surface area contributed by atoms with Gasteiger partial charge in [0.15, 0.2) is 0 Å². The van der Waals surface area contributed by atoms with Gasteiger partial charge in [-0.25, -0.2) is 0 Å². The average Bonchev–Trinajstić information content (AvgIpc) is 2.05. The van der Waals surface area contributed by atoms with Crippen LogP contribution < -0.4 is 10.8 Å². The van der Waals surface area contributed by atoms with E-state index in [9.17, 15) is 9.90 Å². The van der Waals surface area contributed by atoms with Gasteiger partial charge in [0.05, 0.1) is 0 Å². The molecule has 1 aliphatic carbocycles. The molecule has 0 radical (unpaired) electrons. The summed E-state index contributed by atoms with van der Waals surface area (Å²) in [7, 11) is 0. The zero-order chi connectivity index (χ0) is 8.27. The van der Waals surface area contributed by atoms with Crippen LogP contribution >= 0.6 is 0 Å². The summed E-state index contributed by atoms with van der Waals surface area (Å²) in [5.74, 6) is -0.552. The van der Waals surface area contributed by atoms with Gasteiger partial charge in [0, 0.05) is 5.97 Å². The molecule has 0 heterocycles. The largest absolute Gasteiger partial charge is 0.550 e. The van der Waals surface area contributed by atoms with E-state index in [-0.39, 0.29) is 5.92 Å². The van der Waals surface area contributed by atoms with Crippen LogP contribution in [0.2, 0.25) is 0 Å². The zero-order valence-electron chi connectivity index (χ0n) is 6.58. The molecule has 0 aliphatic heterocycles. The summed E-state index contributed by atoms with van der Waals surface area (Å²) in [5.41, 5.74) is 5.46. The number of carbonyl (C=O) groups is 1. The molecule has 0 aromatic carbocycles. The van der Waals surface area contributed by atoms with Crippen LogP contribution in [0.1, 0.15) is 25.7 Å². The van der Waals surface area contributed by atoms with Crippen molar-refractivity contribution in [3.63, 3.8) is 0 Å². The van der Waals surface area contributed by atoms with Crippen molar-refractivity contribution in [2.75, 3.05) is 6.54 Å². The van der Waals surface area contributed by atoms with E-state index in [0.29, 0.717) is 12.5 Å². The van der Waals surface area contributed by atoms with Gasteiger partial charge in [-0.2, -0.15) is 0 Å². The third-order valence-corrected chi connectivity index (χ3v) is 2.51. The maximum Gasteiger partial charge on any atom is 0.0445 e. The molecule has 0 bridgehead atoms. The van der Waals surface area contributed by atoms with Crippen LogP contribution in [0.15, 0.2) is 0 Å². The third-order valence-electron chi connectivity index (χ3n) is 2.51. The number of carbonyl (C=O) groups excluding carboxylic acids is 1. The molecule has 1 fully saturated rings. The van der Waals surface area contributed by atoms with Crippen molar-refractivity contribution in [3.8, 4) is 0 Å². The van der Waals surface area contributed by atoms with E-state index in [4.69, 9.17) is 5.73 Å². The Morgan fingerprint density at radius 3 is 2.27 bits per heavy atom. The van der Waals surface area contributed by atoms with E-state index < -0.39 is 5.97 Å². The van der Waals surface area contributed by atoms with Gasteiger partial charge in [-0.3, -0.25) is 0 Å². The molecule has 0 aromatic rings. The highest BCUT2D eigenvalue weighted by Crippen LogP contribution is 2.27. The van der Waals surface area contributed by atoms with E-state index in [1.54, 1.807) is 0 Å². The van der Waals surface area contributed by atoms with Crippen LogP contribution in [0.3, 0.4) is 0 Å². The van der Waals surface area contributed by atoms with Gasteiger partial charge in [-0.05, 0) is 44.1 Å². The minimum Gasteiger partial charge on any atom is -0.550 e. The number of carboxylic acid groups (broad SMARTS) is 1. The smallest absolute Gasteiger partial charge is 0.0445 e. The molecule has 1 rings (SSSR count). The molecular weight excluding hydrogens is 142 g/mol. The summed E-state index contributed by atoms with van der Waals surface area (Å²) in [6.45, 7) is 0.694. The van der Waals surface area contributed by atoms with Crippen molar-refractivity contribution in [3.05, 3.63) is 0 Å². The van der Waals surface area contributed by atoms with Crippen molar-refractivity contribution in [2.45, 2.75) is 25.7 Å². The molecule has 0 atom stereocenters. The van der Waals surface area contributed by atoms with E-state index in [1.807, 2.05) is 0 Å². The molecule has 0 saturated heterocycles. The van der Waals surface area contributed by atoms with Crippen LogP contribution in [0.25, 0.3) is 0 Å². The van der Waals surface area contributed by atoms with Crippen LogP contribution in [-0.2, 0) is 4.79 Å². The highest BCUT2D eigenvalue weighted by molar-refractivity contribution is 5.67. The van der Waals surface area contributed by atoms with Crippen molar-refractivity contribution in [1.29, 1.82) is 0 Å². The Bertz CT molecular complexity index is 139. The predicted molar refractivity (Wildman–Crippen MR) is 39.5 cm³/mol. The number of aliphatic carboxylic acids is 1. The van der Waals surface area contributed by atoms with Crippen LogP contribution in [0.5, 0.6) is 0 Å². The second-order valence-electron chi connectivity index (χ2n) is 3.27. The van der Waals surface area contributed by atoms with E-state index in [0.717, 1.165) is 25.7 Å². The summed E-state index contributed by atoms with van der Waals surface area (Å²) >= 11 is 0. The standard InChI is InChI=1S/C8H15NO2/c9-5-6-1-3-7(4-2-6)8(10)11/h6-7H,1-5,9H2,(H,10,11)/p-1. The summed E-state index contributed by atoms with van der Waals surface area (Å²) in [6.07, 6.45) is 3.42. The maximum atomic E-state index is 10.4. The molecule has 0 aromatic heterocycles. The SMILES string of the molecule is NCC1CCC(C(=O)[O-])CC1. The van der Waals surface area contributed by atoms with Crippen molar-refractivity contribution in [1.82, 2.24) is 0 Å². The molecule has 1 saturated carbocycles. The number of hydrogen-bond acceptors (Lipinski definition) is 3. The van der Waals surface area contributed by atoms with Gasteiger partial charge in [-0.15, -0.1) is 0 Å². The van der Waals surface area contributed by atoms with Gasteiger partial charge >= 0.3 is 0 Å². The molecule has 2 N–H and O–H groups in total. The van der Waals surface area contributed by atoms with Gasteiger partial charge in [-0.1, -0.05) is 0 Å².